The van der Waals surface area contributed by atoms with Crippen LogP contribution in [0, 0.1) is 0 Å². The summed E-state index contributed by atoms with van der Waals surface area (Å²) in [5.41, 5.74) is 2.53. The number of nitrogens with one attached hydrogen (secondary N) is 3. The molecular formula is C42H40N4O5S. The Morgan fingerprint density at radius 1 is 0.577 bits per heavy atom. The average Bonchev–Trinajstić information content (AvgIpc) is 3.17. The first kappa shape index (κ1) is 36.0. The van der Waals surface area contributed by atoms with Crippen molar-refractivity contribution < 1.29 is 22.8 Å². The van der Waals surface area contributed by atoms with E-state index in [4.69, 9.17) is 0 Å². The Labute approximate surface area is 303 Å². The lowest BCUT2D eigenvalue weighted by Gasteiger charge is -2.21. The summed E-state index contributed by atoms with van der Waals surface area (Å²) in [5.74, 6) is -1.27. The summed E-state index contributed by atoms with van der Waals surface area (Å²) in [7, 11) is -3.70. The van der Waals surface area contributed by atoms with E-state index in [0.717, 1.165) is 27.1 Å². The molecule has 10 heteroatoms. The second kappa shape index (κ2) is 16.0. The molecule has 264 valence electrons. The topological polar surface area (TPSA) is 125 Å². The standard InChI is InChI=1S/C42H40N4O5S/c1-3-24-46(25-4-2)52(50,51)34-22-20-30(21-23-34)41(48)44-38-19-10-9-18-37(38)42(49)45-39-27-33(26-31-13-6-8-17-36(31)39)40(47)43-28-32-15-11-14-29-12-5-7-16-35(29)32/h5-23,26-27H,3-4,24-25,28H2,1-2H3,(H,43,47)(H,44,48)(H,45,49). The van der Waals surface area contributed by atoms with Gasteiger partial charge in [-0.05, 0) is 83.1 Å². The Morgan fingerprint density at radius 3 is 1.92 bits per heavy atom. The van der Waals surface area contributed by atoms with Crippen LogP contribution in [-0.4, -0.2) is 43.5 Å². The molecule has 6 aromatic rings. The number of sulfonamides is 1. The molecule has 0 bridgehead atoms. The lowest BCUT2D eigenvalue weighted by atomic mass is 10.0. The van der Waals surface area contributed by atoms with Gasteiger partial charge in [0.15, 0.2) is 0 Å². The van der Waals surface area contributed by atoms with Gasteiger partial charge >= 0.3 is 0 Å². The van der Waals surface area contributed by atoms with Gasteiger partial charge in [-0.3, -0.25) is 14.4 Å². The number of fused-ring (bicyclic) bond motifs is 2. The maximum absolute atomic E-state index is 13.8. The van der Waals surface area contributed by atoms with Crippen LogP contribution in [0.15, 0.2) is 132 Å². The molecule has 0 fully saturated rings. The minimum Gasteiger partial charge on any atom is -0.348 e. The van der Waals surface area contributed by atoms with E-state index in [1.54, 1.807) is 36.4 Å². The average molecular weight is 713 g/mol. The molecule has 0 radical (unpaired) electrons. The first-order chi connectivity index (χ1) is 25.2. The molecule has 0 unspecified atom stereocenters. The van der Waals surface area contributed by atoms with Gasteiger partial charge in [-0.2, -0.15) is 4.31 Å². The molecule has 3 amide bonds. The van der Waals surface area contributed by atoms with Gasteiger partial charge in [-0.15, -0.1) is 0 Å². The molecule has 0 saturated carbocycles. The molecule has 9 nitrogen and oxygen atoms in total. The third kappa shape index (κ3) is 7.88. The number of para-hydroxylation sites is 1. The molecule has 0 aliphatic heterocycles. The maximum Gasteiger partial charge on any atom is 0.257 e. The summed E-state index contributed by atoms with van der Waals surface area (Å²) >= 11 is 0. The SMILES string of the molecule is CCCN(CCC)S(=O)(=O)c1ccc(C(=O)Nc2ccccc2C(=O)Nc2cc(C(=O)NCc3cccc4ccccc34)cc3ccccc23)cc1. The van der Waals surface area contributed by atoms with Crippen molar-refractivity contribution in [2.24, 2.45) is 0 Å². The van der Waals surface area contributed by atoms with Gasteiger partial charge in [0.05, 0.1) is 16.1 Å². The predicted octanol–water partition coefficient (Wildman–Crippen LogP) is 8.24. The molecule has 52 heavy (non-hydrogen) atoms. The van der Waals surface area contributed by atoms with E-state index in [0.29, 0.717) is 43.7 Å². The third-order valence-electron chi connectivity index (χ3n) is 8.81. The van der Waals surface area contributed by atoms with E-state index in [-0.39, 0.29) is 27.6 Å². The van der Waals surface area contributed by atoms with Gasteiger partial charge in [0.2, 0.25) is 10.0 Å². The second-order valence-corrected chi connectivity index (χ2v) is 14.4. The third-order valence-corrected chi connectivity index (χ3v) is 10.7. The number of rotatable bonds is 13. The summed E-state index contributed by atoms with van der Waals surface area (Å²) in [6, 6.07) is 37.3. The smallest absolute Gasteiger partial charge is 0.257 e. The van der Waals surface area contributed by atoms with Crippen molar-refractivity contribution in [3.63, 3.8) is 0 Å². The van der Waals surface area contributed by atoms with Crippen molar-refractivity contribution in [3.8, 4) is 0 Å². The highest BCUT2D eigenvalue weighted by molar-refractivity contribution is 7.89. The molecule has 0 saturated heterocycles. The fourth-order valence-corrected chi connectivity index (χ4v) is 7.85. The van der Waals surface area contributed by atoms with Gasteiger partial charge in [0.25, 0.3) is 17.7 Å². The van der Waals surface area contributed by atoms with Gasteiger partial charge in [0, 0.05) is 41.8 Å². The molecule has 0 aliphatic rings. The van der Waals surface area contributed by atoms with Crippen LogP contribution < -0.4 is 16.0 Å². The Hall–Kier alpha value is -5.84. The van der Waals surface area contributed by atoms with Crippen LogP contribution in [0.2, 0.25) is 0 Å². The minimum absolute atomic E-state index is 0.113. The van der Waals surface area contributed by atoms with Gasteiger partial charge in [0.1, 0.15) is 0 Å². The Morgan fingerprint density at radius 2 is 1.19 bits per heavy atom. The molecule has 0 aliphatic carbocycles. The lowest BCUT2D eigenvalue weighted by molar-refractivity contribution is 0.0949. The number of carbonyl (C=O) groups excluding carboxylic acids is 3. The van der Waals surface area contributed by atoms with Gasteiger partial charge in [-0.25, -0.2) is 8.42 Å². The summed E-state index contributed by atoms with van der Waals surface area (Å²) < 4.78 is 27.8. The summed E-state index contributed by atoms with van der Waals surface area (Å²) in [6.07, 6.45) is 1.38. The molecular weight excluding hydrogens is 673 g/mol. The lowest BCUT2D eigenvalue weighted by Crippen LogP contribution is -2.32. The minimum atomic E-state index is -3.70. The van der Waals surface area contributed by atoms with E-state index in [9.17, 15) is 22.8 Å². The molecule has 6 rings (SSSR count). The zero-order valence-electron chi connectivity index (χ0n) is 29.1. The van der Waals surface area contributed by atoms with Crippen LogP contribution in [0.5, 0.6) is 0 Å². The molecule has 6 aromatic carbocycles. The Kier molecular flexibility index (Phi) is 11.1. The van der Waals surface area contributed by atoms with Crippen LogP contribution >= 0.6 is 0 Å². The van der Waals surface area contributed by atoms with Crippen molar-refractivity contribution in [1.29, 1.82) is 0 Å². The first-order valence-electron chi connectivity index (χ1n) is 17.3. The molecule has 0 aromatic heterocycles. The zero-order chi connectivity index (χ0) is 36.7. The normalized spacial score (nSPS) is 11.4. The zero-order valence-corrected chi connectivity index (χ0v) is 29.9. The summed E-state index contributed by atoms with van der Waals surface area (Å²) in [6.45, 7) is 5.01. The fraction of sp³-hybridized carbons (Fsp3) is 0.167. The van der Waals surface area contributed by atoms with Crippen LogP contribution in [0.4, 0.5) is 11.4 Å². The number of hydrogen-bond acceptors (Lipinski definition) is 5. The van der Waals surface area contributed by atoms with E-state index in [1.807, 2.05) is 80.6 Å². The number of anilines is 2. The van der Waals surface area contributed by atoms with Crippen LogP contribution in [-0.2, 0) is 16.6 Å². The van der Waals surface area contributed by atoms with E-state index in [1.165, 1.54) is 28.6 Å². The van der Waals surface area contributed by atoms with Gasteiger partial charge in [-0.1, -0.05) is 92.7 Å². The maximum atomic E-state index is 13.8. The van der Waals surface area contributed by atoms with Crippen LogP contribution in [0.3, 0.4) is 0 Å². The van der Waals surface area contributed by atoms with E-state index < -0.39 is 21.8 Å². The first-order valence-corrected chi connectivity index (χ1v) is 18.7. The highest BCUT2D eigenvalue weighted by Gasteiger charge is 2.24. The number of hydrogen-bond donors (Lipinski definition) is 3. The van der Waals surface area contributed by atoms with Crippen molar-refractivity contribution >= 4 is 60.7 Å². The van der Waals surface area contributed by atoms with Crippen molar-refractivity contribution in [2.75, 3.05) is 23.7 Å². The summed E-state index contributed by atoms with van der Waals surface area (Å²) in [5, 5.41) is 12.5. The summed E-state index contributed by atoms with van der Waals surface area (Å²) in [4.78, 5) is 40.7. The van der Waals surface area contributed by atoms with E-state index in [2.05, 4.69) is 16.0 Å². The largest absolute Gasteiger partial charge is 0.348 e. The fourth-order valence-electron chi connectivity index (χ4n) is 6.22. The number of amides is 3. The Balaban J connectivity index is 1.20. The highest BCUT2D eigenvalue weighted by Crippen LogP contribution is 2.28. The van der Waals surface area contributed by atoms with Crippen molar-refractivity contribution in [1.82, 2.24) is 9.62 Å². The second-order valence-electron chi connectivity index (χ2n) is 12.4. The van der Waals surface area contributed by atoms with E-state index >= 15 is 0 Å². The van der Waals surface area contributed by atoms with Crippen molar-refractivity contribution in [2.45, 2.75) is 38.1 Å². The quantitative estimate of drug-likeness (QED) is 0.111. The van der Waals surface area contributed by atoms with Gasteiger partial charge < -0.3 is 16.0 Å². The molecule has 0 heterocycles. The molecule has 3 N–H and O–H groups in total. The monoisotopic (exact) mass is 712 g/mol. The molecule has 0 spiro atoms. The number of benzene rings is 6. The van der Waals surface area contributed by atoms with Crippen LogP contribution in [0.25, 0.3) is 21.5 Å². The highest BCUT2D eigenvalue weighted by atomic mass is 32.2. The Bertz CT molecular complexity index is 2360. The number of carbonyl (C=O) groups is 3. The predicted molar refractivity (Wildman–Crippen MR) is 207 cm³/mol. The van der Waals surface area contributed by atoms with Crippen molar-refractivity contribution in [3.05, 3.63) is 150 Å². The van der Waals surface area contributed by atoms with Crippen LogP contribution in [0.1, 0.15) is 63.3 Å². The number of nitrogens with zero attached hydrogens (tertiary/aromatic N) is 1. The molecule has 0 atom stereocenters.